The van der Waals surface area contributed by atoms with Crippen molar-refractivity contribution in [3.63, 3.8) is 0 Å². The van der Waals surface area contributed by atoms with Gasteiger partial charge in [0.25, 0.3) is 0 Å². The highest BCUT2D eigenvalue weighted by Gasteiger charge is 2.40. The van der Waals surface area contributed by atoms with Crippen molar-refractivity contribution in [2.75, 3.05) is 32.7 Å². The van der Waals surface area contributed by atoms with Crippen LogP contribution in [-0.2, 0) is 4.79 Å². The molecular formula is C16H32N2O. The number of hydrogen-bond acceptors (Lipinski definition) is 2. The summed E-state index contributed by atoms with van der Waals surface area (Å²) in [7, 11) is 0. The molecule has 0 aromatic carbocycles. The maximum Gasteiger partial charge on any atom is 0.222 e. The maximum absolute atomic E-state index is 11.6. The van der Waals surface area contributed by atoms with E-state index in [-0.39, 0.29) is 0 Å². The molecule has 112 valence electrons. The number of fused-ring (bicyclic) bond motifs is 1. The van der Waals surface area contributed by atoms with E-state index >= 15 is 0 Å². The molecule has 2 atom stereocenters. The van der Waals surface area contributed by atoms with Crippen LogP contribution in [0.3, 0.4) is 0 Å². The summed E-state index contributed by atoms with van der Waals surface area (Å²) in [5.74, 6) is 1.86. The monoisotopic (exact) mass is 268 g/mol. The SMILES string of the molecule is CCC.CCCCN1CC2CN(C(=O)CC)CC2C1. The first-order valence-electron chi connectivity index (χ1n) is 8.16. The Morgan fingerprint density at radius 1 is 1.00 bits per heavy atom. The third-order valence-corrected chi connectivity index (χ3v) is 4.04. The van der Waals surface area contributed by atoms with Crippen LogP contribution in [0, 0.1) is 11.8 Å². The number of carbonyl (C=O) groups excluding carboxylic acids is 1. The molecule has 0 aromatic heterocycles. The highest BCUT2D eigenvalue weighted by molar-refractivity contribution is 5.76. The van der Waals surface area contributed by atoms with E-state index in [9.17, 15) is 4.79 Å². The Kier molecular flexibility index (Phi) is 7.44. The lowest BCUT2D eigenvalue weighted by Crippen LogP contribution is -2.33. The van der Waals surface area contributed by atoms with Gasteiger partial charge >= 0.3 is 0 Å². The van der Waals surface area contributed by atoms with Crippen molar-refractivity contribution in [1.29, 1.82) is 0 Å². The highest BCUT2D eigenvalue weighted by Crippen LogP contribution is 2.31. The van der Waals surface area contributed by atoms with Gasteiger partial charge in [0.15, 0.2) is 0 Å². The van der Waals surface area contributed by atoms with E-state index in [1.807, 2.05) is 6.92 Å². The molecule has 2 aliphatic heterocycles. The fourth-order valence-electron chi connectivity index (χ4n) is 3.08. The second-order valence-corrected chi connectivity index (χ2v) is 5.99. The molecule has 0 aliphatic carbocycles. The van der Waals surface area contributed by atoms with Crippen LogP contribution >= 0.6 is 0 Å². The van der Waals surface area contributed by atoms with Gasteiger partial charge in [-0.1, -0.05) is 40.5 Å². The molecule has 2 fully saturated rings. The average Bonchev–Trinajstić information content (AvgIpc) is 2.94. The van der Waals surface area contributed by atoms with Crippen LogP contribution in [-0.4, -0.2) is 48.4 Å². The lowest BCUT2D eigenvalue weighted by molar-refractivity contribution is -0.130. The minimum absolute atomic E-state index is 0.342. The molecule has 2 unspecified atom stereocenters. The number of carbonyl (C=O) groups is 1. The minimum atomic E-state index is 0.342. The van der Waals surface area contributed by atoms with Crippen molar-refractivity contribution >= 4 is 5.91 Å². The Morgan fingerprint density at radius 2 is 1.53 bits per heavy atom. The number of unbranched alkanes of at least 4 members (excludes halogenated alkanes) is 1. The van der Waals surface area contributed by atoms with Crippen LogP contribution in [0.5, 0.6) is 0 Å². The van der Waals surface area contributed by atoms with Crippen molar-refractivity contribution in [3.8, 4) is 0 Å². The van der Waals surface area contributed by atoms with Crippen molar-refractivity contribution < 1.29 is 4.79 Å². The van der Waals surface area contributed by atoms with Crippen LogP contribution in [0.25, 0.3) is 0 Å². The van der Waals surface area contributed by atoms with E-state index < -0.39 is 0 Å². The standard InChI is InChI=1S/C13H24N2O.C3H8/c1-3-5-6-14-7-11-9-15(13(16)4-2)10-12(11)8-14;1-3-2/h11-12H,3-10H2,1-2H3;3H2,1-2H3. The maximum atomic E-state index is 11.6. The number of amides is 1. The second-order valence-electron chi connectivity index (χ2n) is 5.99. The Hall–Kier alpha value is -0.570. The van der Waals surface area contributed by atoms with Crippen molar-refractivity contribution in [1.82, 2.24) is 9.80 Å². The normalized spacial score (nSPS) is 26.0. The first kappa shape index (κ1) is 16.5. The second kappa shape index (κ2) is 8.57. The summed E-state index contributed by atoms with van der Waals surface area (Å²) in [5, 5.41) is 0. The lowest BCUT2D eigenvalue weighted by atomic mass is 10.0. The van der Waals surface area contributed by atoms with Gasteiger partial charge in [0.05, 0.1) is 0 Å². The first-order chi connectivity index (χ1) is 9.15. The van der Waals surface area contributed by atoms with Crippen LogP contribution in [0.2, 0.25) is 0 Å². The van der Waals surface area contributed by atoms with E-state index in [2.05, 4.69) is 30.6 Å². The van der Waals surface area contributed by atoms with Gasteiger partial charge in [-0.25, -0.2) is 0 Å². The summed E-state index contributed by atoms with van der Waals surface area (Å²) < 4.78 is 0. The molecule has 3 nitrogen and oxygen atoms in total. The van der Waals surface area contributed by atoms with Crippen LogP contribution in [0.1, 0.15) is 53.4 Å². The molecule has 2 heterocycles. The Morgan fingerprint density at radius 3 is 1.95 bits per heavy atom. The van der Waals surface area contributed by atoms with Crippen molar-refractivity contribution in [2.24, 2.45) is 11.8 Å². The van der Waals surface area contributed by atoms with Gasteiger partial charge in [-0.15, -0.1) is 0 Å². The van der Waals surface area contributed by atoms with Gasteiger partial charge < -0.3 is 9.80 Å². The molecule has 3 heteroatoms. The average molecular weight is 268 g/mol. The quantitative estimate of drug-likeness (QED) is 0.782. The Balaban J connectivity index is 0.000000550. The van der Waals surface area contributed by atoms with Gasteiger partial charge in [-0.2, -0.15) is 0 Å². The van der Waals surface area contributed by atoms with Crippen LogP contribution in [0.15, 0.2) is 0 Å². The van der Waals surface area contributed by atoms with Gasteiger partial charge in [0, 0.05) is 32.6 Å². The van der Waals surface area contributed by atoms with Gasteiger partial charge in [0.1, 0.15) is 0 Å². The summed E-state index contributed by atoms with van der Waals surface area (Å²) >= 11 is 0. The van der Waals surface area contributed by atoms with Crippen LogP contribution in [0.4, 0.5) is 0 Å². The van der Waals surface area contributed by atoms with Crippen LogP contribution < -0.4 is 0 Å². The summed E-state index contributed by atoms with van der Waals surface area (Å²) in [4.78, 5) is 16.3. The molecule has 0 N–H and O–H groups in total. The molecule has 0 bridgehead atoms. The third kappa shape index (κ3) is 4.79. The third-order valence-electron chi connectivity index (χ3n) is 4.04. The number of hydrogen-bond donors (Lipinski definition) is 0. The number of nitrogens with zero attached hydrogens (tertiary/aromatic N) is 2. The first-order valence-corrected chi connectivity index (χ1v) is 8.16. The largest absolute Gasteiger partial charge is 0.342 e. The molecule has 0 spiro atoms. The van der Waals surface area contributed by atoms with Gasteiger partial charge in [-0.3, -0.25) is 4.79 Å². The molecule has 2 aliphatic rings. The van der Waals surface area contributed by atoms with E-state index in [1.54, 1.807) is 0 Å². The summed E-state index contributed by atoms with van der Waals surface area (Å²) in [5.41, 5.74) is 0. The van der Waals surface area contributed by atoms with Gasteiger partial charge in [-0.05, 0) is 24.8 Å². The van der Waals surface area contributed by atoms with E-state index in [4.69, 9.17) is 0 Å². The topological polar surface area (TPSA) is 23.6 Å². The molecule has 0 aromatic rings. The highest BCUT2D eigenvalue weighted by atomic mass is 16.2. The zero-order chi connectivity index (χ0) is 14.3. The fraction of sp³-hybridized carbons (Fsp3) is 0.938. The van der Waals surface area contributed by atoms with Gasteiger partial charge in [0.2, 0.25) is 5.91 Å². The molecular weight excluding hydrogens is 236 g/mol. The van der Waals surface area contributed by atoms with Crippen molar-refractivity contribution in [3.05, 3.63) is 0 Å². The summed E-state index contributed by atoms with van der Waals surface area (Å²) in [6.07, 6.45) is 4.52. The predicted molar refractivity (Wildman–Crippen MR) is 81.2 cm³/mol. The molecule has 1 amide bonds. The van der Waals surface area contributed by atoms with E-state index in [0.717, 1.165) is 24.9 Å². The van der Waals surface area contributed by atoms with E-state index in [0.29, 0.717) is 12.3 Å². The fourth-order valence-corrected chi connectivity index (χ4v) is 3.08. The number of likely N-dealkylation sites (tertiary alicyclic amines) is 2. The smallest absolute Gasteiger partial charge is 0.222 e. The van der Waals surface area contributed by atoms with E-state index in [1.165, 1.54) is 38.9 Å². The zero-order valence-corrected chi connectivity index (χ0v) is 13.3. The molecule has 2 saturated heterocycles. The molecule has 0 radical (unpaired) electrons. The Bertz CT molecular complexity index is 253. The summed E-state index contributed by atoms with van der Waals surface area (Å²) in [6.45, 7) is 14.2. The predicted octanol–water partition coefficient (Wildman–Crippen LogP) is 3.00. The molecule has 2 rings (SSSR count). The Labute approximate surface area is 119 Å². The van der Waals surface area contributed by atoms with Crippen molar-refractivity contribution in [2.45, 2.75) is 53.4 Å². The molecule has 19 heavy (non-hydrogen) atoms. The molecule has 0 saturated carbocycles. The minimum Gasteiger partial charge on any atom is -0.342 e. The zero-order valence-electron chi connectivity index (χ0n) is 13.3. The lowest BCUT2D eigenvalue weighted by Gasteiger charge is -2.21. The summed E-state index contributed by atoms with van der Waals surface area (Å²) in [6, 6.07) is 0. The number of rotatable bonds is 4.